The summed E-state index contributed by atoms with van der Waals surface area (Å²) in [5.74, 6) is 0.480. The maximum atomic E-state index is 14.1. The highest BCUT2D eigenvalue weighted by molar-refractivity contribution is 5.96. The van der Waals surface area contributed by atoms with Gasteiger partial charge in [0, 0.05) is 11.5 Å². The lowest BCUT2D eigenvalue weighted by atomic mass is 9.79. The molecule has 8 atom stereocenters. The van der Waals surface area contributed by atoms with Gasteiger partial charge in [-0.05, 0) is 59.2 Å². The van der Waals surface area contributed by atoms with Gasteiger partial charge in [0.2, 0.25) is 5.91 Å². The van der Waals surface area contributed by atoms with Crippen molar-refractivity contribution in [3.05, 3.63) is 138 Å². The van der Waals surface area contributed by atoms with Gasteiger partial charge in [-0.15, -0.1) is 0 Å². The highest BCUT2D eigenvalue weighted by Crippen LogP contribution is 2.36. The van der Waals surface area contributed by atoms with E-state index in [0.717, 1.165) is 42.4 Å². The Bertz CT molecular complexity index is 1930. The van der Waals surface area contributed by atoms with Crippen LogP contribution in [0.1, 0.15) is 138 Å². The van der Waals surface area contributed by atoms with Crippen LogP contribution in [0.3, 0.4) is 0 Å². The lowest BCUT2D eigenvalue weighted by molar-refractivity contribution is -0.262. The summed E-state index contributed by atoms with van der Waals surface area (Å²) in [4.78, 5) is 27.3. The first kappa shape index (κ1) is 54.4. The van der Waals surface area contributed by atoms with Gasteiger partial charge in [0.15, 0.2) is 6.29 Å². The number of hydrogen-bond donors (Lipinski definition) is 2. The van der Waals surface area contributed by atoms with Crippen LogP contribution in [0.5, 0.6) is 5.75 Å². The zero-order chi connectivity index (χ0) is 48.2. The fourth-order valence-electron chi connectivity index (χ4n) is 8.97. The number of unbranched alkanes of at least 4 members (excludes halogenated alkanes) is 11. The first-order valence-corrected chi connectivity index (χ1v) is 25.7. The summed E-state index contributed by atoms with van der Waals surface area (Å²) in [6.45, 7) is 10.4. The van der Waals surface area contributed by atoms with Gasteiger partial charge in [-0.2, -0.15) is 0 Å². The molecule has 1 fully saturated rings. The van der Waals surface area contributed by atoms with E-state index in [0.29, 0.717) is 37.7 Å². The van der Waals surface area contributed by atoms with Crippen LogP contribution in [0.25, 0.3) is 0 Å². The molecule has 10 nitrogen and oxygen atoms in total. The molecule has 372 valence electrons. The van der Waals surface area contributed by atoms with Crippen molar-refractivity contribution >= 4 is 11.8 Å². The van der Waals surface area contributed by atoms with E-state index in [4.69, 9.17) is 28.4 Å². The largest absolute Gasteiger partial charge is 0.497 e. The minimum absolute atomic E-state index is 0.0605. The number of methoxy groups -OCH3 is 1. The van der Waals surface area contributed by atoms with Crippen molar-refractivity contribution in [2.75, 3.05) is 26.9 Å². The Morgan fingerprint density at radius 2 is 1.15 bits per heavy atom. The minimum atomic E-state index is -0.666. The van der Waals surface area contributed by atoms with Gasteiger partial charge in [0.05, 0.1) is 64.9 Å². The van der Waals surface area contributed by atoms with E-state index in [1.807, 2.05) is 66.7 Å². The average molecular weight is 935 g/mol. The third-order valence-electron chi connectivity index (χ3n) is 13.6. The number of carbonyl (C=O) groups excluding carboxylic acids is 2. The van der Waals surface area contributed by atoms with Crippen molar-refractivity contribution in [2.45, 2.75) is 162 Å². The fraction of sp³-hybridized carbons (Fsp3) is 0.552. The Morgan fingerprint density at radius 1 is 0.618 bits per heavy atom. The molecule has 4 aromatic carbocycles. The Morgan fingerprint density at radius 3 is 1.71 bits per heavy atom. The van der Waals surface area contributed by atoms with Crippen LogP contribution >= 0.6 is 0 Å². The van der Waals surface area contributed by atoms with E-state index in [2.05, 4.69) is 62.6 Å². The first-order valence-electron chi connectivity index (χ1n) is 25.7. The molecule has 0 aromatic heterocycles. The van der Waals surface area contributed by atoms with Crippen LogP contribution in [0.2, 0.25) is 0 Å². The summed E-state index contributed by atoms with van der Waals surface area (Å²) >= 11 is 0. The summed E-state index contributed by atoms with van der Waals surface area (Å²) in [7, 11) is 1.58. The molecule has 68 heavy (non-hydrogen) atoms. The monoisotopic (exact) mass is 935 g/mol. The molecule has 0 saturated carbocycles. The molecule has 0 bridgehead atoms. The SMILES string of the molecule is CCCCCCCCCCCCCC[C@@H](OCc1ccccc1)[C@@H](OCc1ccccc1)[C@H](CO[C@H]1OC(COCc2ccccc2)[C@H](C)[C@H](C)C1C)NC(=O)CNC(=O)c1ccc(OC)cc1. The Labute approximate surface area is 408 Å². The van der Waals surface area contributed by atoms with E-state index < -0.39 is 24.5 Å². The van der Waals surface area contributed by atoms with E-state index in [1.54, 1.807) is 31.4 Å². The molecule has 2 N–H and O–H groups in total. The van der Waals surface area contributed by atoms with Gasteiger partial charge < -0.3 is 39.1 Å². The third-order valence-corrected chi connectivity index (χ3v) is 13.6. The molecule has 0 radical (unpaired) electrons. The Hall–Kier alpha value is -4.58. The highest BCUT2D eigenvalue weighted by atomic mass is 16.7. The molecular weight excluding hydrogens is 853 g/mol. The molecule has 4 aromatic rings. The smallest absolute Gasteiger partial charge is 0.251 e. The van der Waals surface area contributed by atoms with Crippen molar-refractivity contribution in [1.29, 1.82) is 0 Å². The number of carbonyl (C=O) groups is 2. The zero-order valence-corrected chi connectivity index (χ0v) is 41.8. The molecular formula is C58H82N2O8. The number of benzene rings is 4. The average Bonchev–Trinajstić information content (AvgIpc) is 3.37. The van der Waals surface area contributed by atoms with Crippen LogP contribution in [0.15, 0.2) is 115 Å². The summed E-state index contributed by atoms with van der Waals surface area (Å²) in [5.41, 5.74) is 3.60. The topological polar surface area (TPSA) is 114 Å². The van der Waals surface area contributed by atoms with Gasteiger partial charge in [0.25, 0.3) is 5.91 Å². The van der Waals surface area contributed by atoms with Crippen molar-refractivity contribution < 1.29 is 38.0 Å². The maximum absolute atomic E-state index is 14.1. The van der Waals surface area contributed by atoms with Crippen LogP contribution in [0, 0.1) is 17.8 Å². The first-order chi connectivity index (χ1) is 33.2. The number of nitrogens with one attached hydrogen (secondary N) is 2. The molecule has 10 heteroatoms. The molecule has 1 aliphatic rings. The maximum Gasteiger partial charge on any atom is 0.251 e. The van der Waals surface area contributed by atoms with Gasteiger partial charge in [-0.25, -0.2) is 0 Å². The van der Waals surface area contributed by atoms with Crippen molar-refractivity contribution in [3.63, 3.8) is 0 Å². The van der Waals surface area contributed by atoms with Crippen LogP contribution < -0.4 is 15.4 Å². The second-order valence-corrected chi connectivity index (χ2v) is 18.8. The van der Waals surface area contributed by atoms with Gasteiger partial charge in [0.1, 0.15) is 11.9 Å². The molecule has 1 heterocycles. The van der Waals surface area contributed by atoms with Gasteiger partial charge >= 0.3 is 0 Å². The van der Waals surface area contributed by atoms with Gasteiger partial charge in [-0.3, -0.25) is 9.59 Å². The molecule has 2 amide bonds. The summed E-state index contributed by atoms with van der Waals surface area (Å²) in [5, 5.41) is 6.07. The predicted octanol–water partition coefficient (Wildman–Crippen LogP) is 12.0. The lowest BCUT2D eigenvalue weighted by Gasteiger charge is -2.44. The second kappa shape index (κ2) is 31.5. The fourth-order valence-corrected chi connectivity index (χ4v) is 8.97. The number of hydrogen-bond acceptors (Lipinski definition) is 8. The summed E-state index contributed by atoms with van der Waals surface area (Å²) in [6, 6.07) is 36.5. The Kier molecular flexibility index (Phi) is 25.2. The van der Waals surface area contributed by atoms with Crippen molar-refractivity contribution in [1.82, 2.24) is 10.6 Å². The molecule has 1 saturated heterocycles. The second-order valence-electron chi connectivity index (χ2n) is 18.8. The Balaban J connectivity index is 1.35. The predicted molar refractivity (Wildman–Crippen MR) is 271 cm³/mol. The standard InChI is InChI=1S/C58H82N2O8/c1-6-7-8-9-10-11-12-13-14-15-16-26-33-53(65-40-48-29-22-18-23-30-48)56(66-41-49-31-24-19-25-32-49)52(60-55(61)38-59-57(62)50-34-36-51(63-5)37-35-50)42-67-58-46(4)44(2)45(3)54(68-58)43-64-39-47-27-20-17-21-28-47/h17-25,27-32,34-37,44-46,52-54,56,58H,6-16,26,33,38-43H2,1-5H3,(H,59,62)(H,60,61)/t44-,45+,46?,52-,53+,54?,56-,58-/m0/s1. The number of rotatable bonds is 33. The molecule has 0 aliphatic carbocycles. The summed E-state index contributed by atoms with van der Waals surface area (Å²) < 4.78 is 38.9. The summed E-state index contributed by atoms with van der Waals surface area (Å²) in [6.07, 6.45) is 14.0. The molecule has 5 rings (SSSR count). The number of ether oxygens (including phenoxy) is 6. The highest BCUT2D eigenvalue weighted by Gasteiger charge is 2.41. The molecule has 1 aliphatic heterocycles. The normalized spacial score (nSPS) is 19.5. The van der Waals surface area contributed by atoms with E-state index in [9.17, 15) is 9.59 Å². The quantitative estimate of drug-likeness (QED) is 0.0454. The van der Waals surface area contributed by atoms with Gasteiger partial charge in [-0.1, -0.05) is 196 Å². The molecule has 0 spiro atoms. The molecule has 2 unspecified atom stereocenters. The van der Waals surface area contributed by atoms with Crippen LogP contribution in [-0.4, -0.2) is 69.3 Å². The van der Waals surface area contributed by atoms with Crippen LogP contribution in [0.4, 0.5) is 0 Å². The number of amides is 2. The van der Waals surface area contributed by atoms with Crippen LogP contribution in [-0.2, 0) is 48.3 Å². The van der Waals surface area contributed by atoms with E-state index >= 15 is 0 Å². The van der Waals surface area contributed by atoms with E-state index in [-0.39, 0.29) is 48.8 Å². The lowest BCUT2D eigenvalue weighted by Crippen LogP contribution is -2.56. The third kappa shape index (κ3) is 19.4. The minimum Gasteiger partial charge on any atom is -0.497 e. The van der Waals surface area contributed by atoms with Crippen molar-refractivity contribution in [2.24, 2.45) is 17.8 Å². The van der Waals surface area contributed by atoms with Crippen molar-refractivity contribution in [3.8, 4) is 5.75 Å². The van der Waals surface area contributed by atoms with E-state index in [1.165, 1.54) is 57.8 Å². The zero-order valence-electron chi connectivity index (χ0n) is 41.8.